The van der Waals surface area contributed by atoms with Crippen LogP contribution in [-0.2, 0) is 4.74 Å². The average molecular weight is 238 g/mol. The zero-order chi connectivity index (χ0) is 12.3. The van der Waals surface area contributed by atoms with Gasteiger partial charge in [0.1, 0.15) is 5.82 Å². The van der Waals surface area contributed by atoms with Crippen molar-refractivity contribution in [3.8, 4) is 0 Å². The number of nitrogens with zero attached hydrogens (tertiary/aromatic N) is 1. The molecule has 1 aliphatic rings. The average Bonchev–Trinajstić information content (AvgIpc) is 2.33. The molecule has 3 nitrogen and oxygen atoms in total. The number of rotatable bonds is 3. The lowest BCUT2D eigenvalue weighted by Gasteiger charge is -2.35. The van der Waals surface area contributed by atoms with Crippen molar-refractivity contribution in [2.24, 2.45) is 0 Å². The summed E-state index contributed by atoms with van der Waals surface area (Å²) < 4.78 is 19.3. The number of hydrogen-bond donors (Lipinski definition) is 1. The van der Waals surface area contributed by atoms with Gasteiger partial charge in [-0.15, -0.1) is 0 Å². The second-order valence-electron chi connectivity index (χ2n) is 4.57. The maximum atomic E-state index is 13.9. The van der Waals surface area contributed by atoms with Crippen molar-refractivity contribution in [1.29, 1.82) is 0 Å². The Bertz CT molecular complexity index is 364. The lowest BCUT2D eigenvalue weighted by Crippen LogP contribution is -2.49. The molecule has 94 valence electrons. The van der Waals surface area contributed by atoms with E-state index in [2.05, 4.69) is 5.32 Å². The van der Waals surface area contributed by atoms with E-state index in [-0.39, 0.29) is 17.9 Å². The Hall–Kier alpha value is -0.970. The van der Waals surface area contributed by atoms with E-state index in [1.165, 1.54) is 6.07 Å². The van der Waals surface area contributed by atoms with Crippen molar-refractivity contribution < 1.29 is 9.13 Å². The molecule has 17 heavy (non-hydrogen) atoms. The van der Waals surface area contributed by atoms with Crippen LogP contribution in [0.5, 0.6) is 0 Å². The molecule has 0 aliphatic carbocycles. The third-order valence-electron chi connectivity index (χ3n) is 3.11. The Kier molecular flexibility index (Phi) is 4.10. The van der Waals surface area contributed by atoms with Crippen molar-refractivity contribution in [1.82, 2.24) is 10.2 Å². The van der Waals surface area contributed by atoms with Crippen molar-refractivity contribution in [2.45, 2.75) is 12.1 Å². The van der Waals surface area contributed by atoms with Crippen LogP contribution in [-0.4, -0.2) is 44.8 Å². The fraction of sp³-hybridized carbons (Fsp3) is 0.538. The van der Waals surface area contributed by atoms with Gasteiger partial charge in [0, 0.05) is 12.1 Å². The van der Waals surface area contributed by atoms with Gasteiger partial charge in [-0.3, -0.25) is 0 Å². The molecule has 0 spiro atoms. The second-order valence-corrected chi connectivity index (χ2v) is 4.57. The smallest absolute Gasteiger partial charge is 0.128 e. The Balaban J connectivity index is 2.25. The van der Waals surface area contributed by atoms with Crippen molar-refractivity contribution in [2.75, 3.05) is 33.9 Å². The molecule has 1 aliphatic heterocycles. The van der Waals surface area contributed by atoms with Gasteiger partial charge in [-0.1, -0.05) is 18.2 Å². The molecule has 0 saturated carbocycles. The summed E-state index contributed by atoms with van der Waals surface area (Å²) >= 11 is 0. The highest BCUT2D eigenvalue weighted by Gasteiger charge is 2.28. The molecule has 1 aromatic rings. The van der Waals surface area contributed by atoms with Gasteiger partial charge in [0.15, 0.2) is 0 Å². The summed E-state index contributed by atoms with van der Waals surface area (Å²) in [5.41, 5.74) is 0.723. The normalized spacial score (nSPS) is 22.7. The number of morpholine rings is 1. The largest absolute Gasteiger partial charge is 0.378 e. The molecule has 0 radical (unpaired) electrons. The van der Waals surface area contributed by atoms with Crippen LogP contribution in [0.3, 0.4) is 0 Å². The minimum absolute atomic E-state index is 0.00324. The molecule has 2 unspecified atom stereocenters. The summed E-state index contributed by atoms with van der Waals surface area (Å²) in [6, 6.07) is 7.08. The maximum absolute atomic E-state index is 13.9. The van der Waals surface area contributed by atoms with Crippen molar-refractivity contribution >= 4 is 0 Å². The van der Waals surface area contributed by atoms with Gasteiger partial charge >= 0.3 is 0 Å². The zero-order valence-corrected chi connectivity index (χ0v) is 10.3. The maximum Gasteiger partial charge on any atom is 0.128 e. The van der Waals surface area contributed by atoms with E-state index in [0.29, 0.717) is 6.61 Å². The van der Waals surface area contributed by atoms with Crippen LogP contribution >= 0.6 is 0 Å². The van der Waals surface area contributed by atoms with Crippen LogP contribution in [0, 0.1) is 5.82 Å². The van der Waals surface area contributed by atoms with Crippen LogP contribution in [0.25, 0.3) is 0 Å². The summed E-state index contributed by atoms with van der Waals surface area (Å²) in [6.45, 7) is 2.18. The molecule has 1 N–H and O–H groups in total. The number of halogens is 1. The zero-order valence-electron chi connectivity index (χ0n) is 10.3. The van der Waals surface area contributed by atoms with Gasteiger partial charge < -0.3 is 15.0 Å². The summed E-state index contributed by atoms with van der Waals surface area (Å²) in [4.78, 5) is 2.03. The number of nitrogens with one attached hydrogen (secondary N) is 1. The highest BCUT2D eigenvalue weighted by molar-refractivity contribution is 5.23. The fourth-order valence-electron chi connectivity index (χ4n) is 2.36. The first-order valence-corrected chi connectivity index (χ1v) is 5.92. The standard InChI is InChI=1S/C13H19FN2O/c1-16(2)13(12-9-17-8-7-15-12)10-5-3-4-6-11(10)14/h3-6,12-13,15H,7-9H2,1-2H3. The molecule has 1 heterocycles. The van der Waals surface area contributed by atoms with Gasteiger partial charge in [-0.05, 0) is 20.2 Å². The lowest BCUT2D eigenvalue weighted by atomic mass is 9.97. The third-order valence-corrected chi connectivity index (χ3v) is 3.11. The second kappa shape index (κ2) is 5.58. The molecular formula is C13H19FN2O. The summed E-state index contributed by atoms with van der Waals surface area (Å²) in [5.74, 6) is -0.154. The summed E-state index contributed by atoms with van der Waals surface area (Å²) in [7, 11) is 3.93. The Morgan fingerprint density at radius 2 is 2.18 bits per heavy atom. The molecule has 4 heteroatoms. The number of likely N-dealkylation sites (N-methyl/N-ethyl adjacent to an activating group) is 1. The van der Waals surface area contributed by atoms with E-state index in [4.69, 9.17) is 4.74 Å². The third kappa shape index (κ3) is 2.83. The van der Waals surface area contributed by atoms with Gasteiger partial charge in [-0.2, -0.15) is 0 Å². The molecule has 0 bridgehead atoms. The Labute approximate surface area is 102 Å². The van der Waals surface area contributed by atoms with E-state index in [1.807, 2.05) is 31.1 Å². The lowest BCUT2D eigenvalue weighted by molar-refractivity contribution is 0.0451. The fourth-order valence-corrected chi connectivity index (χ4v) is 2.36. The van der Waals surface area contributed by atoms with Crippen molar-refractivity contribution in [3.63, 3.8) is 0 Å². The molecule has 2 rings (SSSR count). The van der Waals surface area contributed by atoms with E-state index in [1.54, 1.807) is 6.07 Å². The van der Waals surface area contributed by atoms with Crippen LogP contribution in [0.4, 0.5) is 4.39 Å². The monoisotopic (exact) mass is 238 g/mol. The molecule has 1 saturated heterocycles. The van der Waals surface area contributed by atoms with Gasteiger partial charge in [0.05, 0.1) is 25.3 Å². The first kappa shape index (κ1) is 12.5. The molecular weight excluding hydrogens is 219 g/mol. The SMILES string of the molecule is CN(C)C(c1ccccc1F)C1COCCN1. The topological polar surface area (TPSA) is 24.5 Å². The van der Waals surface area contributed by atoms with Crippen LogP contribution in [0.15, 0.2) is 24.3 Å². The summed E-state index contributed by atoms with van der Waals surface area (Å²) in [5, 5.41) is 3.39. The van der Waals surface area contributed by atoms with Gasteiger partial charge in [0.2, 0.25) is 0 Å². The van der Waals surface area contributed by atoms with E-state index < -0.39 is 0 Å². The quantitative estimate of drug-likeness (QED) is 0.862. The number of hydrogen-bond acceptors (Lipinski definition) is 3. The minimum Gasteiger partial charge on any atom is -0.378 e. The molecule has 1 fully saturated rings. The molecule has 1 aromatic carbocycles. The van der Waals surface area contributed by atoms with E-state index in [9.17, 15) is 4.39 Å². The predicted octanol–water partition coefficient (Wildman–Crippen LogP) is 1.42. The number of benzene rings is 1. The highest BCUT2D eigenvalue weighted by atomic mass is 19.1. The van der Waals surface area contributed by atoms with Gasteiger partial charge in [-0.25, -0.2) is 4.39 Å². The van der Waals surface area contributed by atoms with E-state index in [0.717, 1.165) is 18.7 Å². The van der Waals surface area contributed by atoms with Crippen LogP contribution < -0.4 is 5.32 Å². The first-order valence-electron chi connectivity index (χ1n) is 5.92. The van der Waals surface area contributed by atoms with Crippen LogP contribution in [0.2, 0.25) is 0 Å². The summed E-state index contributed by atoms with van der Waals surface area (Å²) in [6.07, 6.45) is 0. The highest BCUT2D eigenvalue weighted by Crippen LogP contribution is 2.25. The number of ether oxygens (including phenoxy) is 1. The Morgan fingerprint density at radius 1 is 1.41 bits per heavy atom. The molecule has 2 atom stereocenters. The molecule has 0 aromatic heterocycles. The van der Waals surface area contributed by atoms with Crippen LogP contribution in [0.1, 0.15) is 11.6 Å². The first-order chi connectivity index (χ1) is 8.20. The Morgan fingerprint density at radius 3 is 2.76 bits per heavy atom. The van der Waals surface area contributed by atoms with Crippen molar-refractivity contribution in [3.05, 3.63) is 35.6 Å². The predicted molar refractivity (Wildman–Crippen MR) is 65.4 cm³/mol. The van der Waals surface area contributed by atoms with Gasteiger partial charge in [0.25, 0.3) is 0 Å². The molecule has 0 amide bonds. The minimum atomic E-state index is -0.154. The van der Waals surface area contributed by atoms with E-state index >= 15 is 0 Å².